The van der Waals surface area contributed by atoms with Crippen LogP contribution in [0.5, 0.6) is 17.2 Å². The van der Waals surface area contributed by atoms with Crippen molar-refractivity contribution in [1.82, 2.24) is 0 Å². The standard InChI is InChI=1S/C21H16ClFO4/c1-26-17-7-13(9-21(24)25)8-18(12-17)27-16-4-2-3-14(10-16)19-6-5-15(23)11-20(19)22/h2-8,10-12H,9H2,1H3,(H,24,25). The van der Waals surface area contributed by atoms with Gasteiger partial charge in [-0.15, -0.1) is 0 Å². The molecule has 0 bridgehead atoms. The summed E-state index contributed by atoms with van der Waals surface area (Å²) in [5, 5.41) is 9.30. The maximum absolute atomic E-state index is 13.3. The molecule has 4 nitrogen and oxygen atoms in total. The first kappa shape index (κ1) is 18.7. The Labute approximate surface area is 160 Å². The highest BCUT2D eigenvalue weighted by Crippen LogP contribution is 2.33. The third kappa shape index (κ3) is 4.77. The van der Waals surface area contributed by atoms with E-state index in [0.29, 0.717) is 33.4 Å². The molecule has 0 radical (unpaired) electrons. The van der Waals surface area contributed by atoms with Crippen molar-refractivity contribution in [2.45, 2.75) is 6.42 Å². The lowest BCUT2D eigenvalue weighted by atomic mass is 10.1. The van der Waals surface area contributed by atoms with Crippen molar-refractivity contribution in [1.29, 1.82) is 0 Å². The maximum Gasteiger partial charge on any atom is 0.307 e. The first-order valence-electron chi connectivity index (χ1n) is 8.07. The van der Waals surface area contributed by atoms with E-state index in [2.05, 4.69) is 0 Å². The van der Waals surface area contributed by atoms with E-state index in [1.807, 2.05) is 6.07 Å². The third-order valence-electron chi connectivity index (χ3n) is 3.84. The molecule has 0 fully saturated rings. The van der Waals surface area contributed by atoms with Crippen LogP contribution in [0.3, 0.4) is 0 Å². The molecule has 0 spiro atoms. The highest BCUT2D eigenvalue weighted by atomic mass is 35.5. The molecule has 0 saturated heterocycles. The Bertz CT molecular complexity index is 988. The summed E-state index contributed by atoms with van der Waals surface area (Å²) in [6.07, 6.45) is -0.140. The van der Waals surface area contributed by atoms with Crippen molar-refractivity contribution in [3.8, 4) is 28.4 Å². The number of carboxylic acid groups (broad SMARTS) is 1. The number of aliphatic carboxylic acids is 1. The lowest BCUT2D eigenvalue weighted by molar-refractivity contribution is -0.136. The smallest absolute Gasteiger partial charge is 0.307 e. The highest BCUT2D eigenvalue weighted by Gasteiger charge is 2.09. The number of halogens is 2. The Kier molecular flexibility index (Phi) is 5.62. The average molecular weight is 387 g/mol. The summed E-state index contributed by atoms with van der Waals surface area (Å²) in [4.78, 5) is 11.0. The van der Waals surface area contributed by atoms with E-state index >= 15 is 0 Å². The van der Waals surface area contributed by atoms with Gasteiger partial charge in [-0.3, -0.25) is 4.79 Å². The number of rotatable bonds is 6. The number of carbonyl (C=O) groups is 1. The second-order valence-corrected chi connectivity index (χ2v) is 6.25. The number of carboxylic acids is 1. The van der Waals surface area contributed by atoms with Crippen LogP contribution < -0.4 is 9.47 Å². The minimum absolute atomic E-state index is 0.140. The van der Waals surface area contributed by atoms with Gasteiger partial charge in [0.1, 0.15) is 23.1 Å². The molecule has 0 saturated carbocycles. The lowest BCUT2D eigenvalue weighted by Crippen LogP contribution is -2.00. The molecule has 0 heterocycles. The van der Waals surface area contributed by atoms with E-state index in [-0.39, 0.29) is 6.42 Å². The molecule has 0 aliphatic heterocycles. The molecule has 6 heteroatoms. The third-order valence-corrected chi connectivity index (χ3v) is 4.16. The zero-order valence-corrected chi connectivity index (χ0v) is 15.2. The fourth-order valence-corrected chi connectivity index (χ4v) is 2.95. The molecular weight excluding hydrogens is 371 g/mol. The summed E-state index contributed by atoms with van der Waals surface area (Å²) in [6.45, 7) is 0. The van der Waals surface area contributed by atoms with Crippen LogP contribution in [0.4, 0.5) is 4.39 Å². The summed E-state index contributed by atoms with van der Waals surface area (Å²) in [5.41, 5.74) is 2.02. The fraction of sp³-hybridized carbons (Fsp3) is 0.0952. The summed E-state index contributed by atoms with van der Waals surface area (Å²) >= 11 is 6.13. The minimum atomic E-state index is -0.942. The van der Waals surface area contributed by atoms with Gasteiger partial charge in [0.05, 0.1) is 18.6 Å². The quantitative estimate of drug-likeness (QED) is 0.601. The Morgan fingerprint density at radius 1 is 1.04 bits per heavy atom. The second-order valence-electron chi connectivity index (χ2n) is 5.84. The summed E-state index contributed by atoms with van der Waals surface area (Å²) in [7, 11) is 1.50. The van der Waals surface area contributed by atoms with E-state index in [1.165, 1.54) is 19.2 Å². The minimum Gasteiger partial charge on any atom is -0.497 e. The second kappa shape index (κ2) is 8.10. The monoisotopic (exact) mass is 386 g/mol. The van der Waals surface area contributed by atoms with Gasteiger partial charge in [-0.2, -0.15) is 0 Å². The molecule has 3 aromatic carbocycles. The van der Waals surface area contributed by atoms with Crippen molar-refractivity contribution >= 4 is 17.6 Å². The van der Waals surface area contributed by atoms with E-state index in [9.17, 15) is 9.18 Å². The van der Waals surface area contributed by atoms with Gasteiger partial charge in [0.15, 0.2) is 0 Å². The molecule has 0 aromatic heterocycles. The van der Waals surface area contributed by atoms with Crippen molar-refractivity contribution in [2.75, 3.05) is 7.11 Å². The predicted octanol–water partition coefficient (Wildman–Crippen LogP) is 5.57. The Morgan fingerprint density at radius 2 is 1.81 bits per heavy atom. The van der Waals surface area contributed by atoms with E-state index in [4.69, 9.17) is 26.2 Å². The number of methoxy groups -OCH3 is 1. The molecule has 3 rings (SSSR count). The summed E-state index contributed by atoms with van der Waals surface area (Å²) in [5.74, 6) is 0.137. The topological polar surface area (TPSA) is 55.8 Å². The van der Waals surface area contributed by atoms with Gasteiger partial charge < -0.3 is 14.6 Å². The van der Waals surface area contributed by atoms with Gasteiger partial charge in [-0.05, 0) is 53.6 Å². The number of benzene rings is 3. The first-order valence-corrected chi connectivity index (χ1v) is 8.45. The van der Waals surface area contributed by atoms with Crippen LogP contribution in [-0.2, 0) is 11.2 Å². The van der Waals surface area contributed by atoms with Crippen LogP contribution in [0.15, 0.2) is 60.7 Å². The number of hydrogen-bond acceptors (Lipinski definition) is 3. The normalized spacial score (nSPS) is 10.5. The van der Waals surface area contributed by atoms with Crippen molar-refractivity contribution < 1.29 is 23.8 Å². The first-order chi connectivity index (χ1) is 12.9. The van der Waals surface area contributed by atoms with E-state index < -0.39 is 11.8 Å². The Morgan fingerprint density at radius 3 is 2.52 bits per heavy atom. The van der Waals surface area contributed by atoms with Crippen molar-refractivity contribution in [3.63, 3.8) is 0 Å². The average Bonchev–Trinajstić information content (AvgIpc) is 2.61. The van der Waals surface area contributed by atoms with E-state index in [1.54, 1.807) is 42.5 Å². The molecule has 138 valence electrons. The molecule has 0 unspecified atom stereocenters. The largest absolute Gasteiger partial charge is 0.497 e. The molecule has 1 N–H and O–H groups in total. The molecule has 27 heavy (non-hydrogen) atoms. The van der Waals surface area contributed by atoms with Gasteiger partial charge in [-0.25, -0.2) is 4.39 Å². The van der Waals surface area contributed by atoms with Gasteiger partial charge >= 0.3 is 5.97 Å². The van der Waals surface area contributed by atoms with Crippen molar-refractivity contribution in [3.05, 3.63) is 77.1 Å². The molecule has 0 amide bonds. The molecule has 3 aromatic rings. The molecule has 0 aliphatic carbocycles. The highest BCUT2D eigenvalue weighted by molar-refractivity contribution is 6.33. The van der Waals surface area contributed by atoms with Gasteiger partial charge in [0.2, 0.25) is 0 Å². The number of hydrogen-bond donors (Lipinski definition) is 1. The summed E-state index contributed by atoms with van der Waals surface area (Å²) in [6, 6.07) is 16.3. The Hall–Kier alpha value is -3.05. The maximum atomic E-state index is 13.3. The van der Waals surface area contributed by atoms with Crippen LogP contribution in [0, 0.1) is 5.82 Å². The Balaban J connectivity index is 1.91. The van der Waals surface area contributed by atoms with Gasteiger partial charge in [-0.1, -0.05) is 23.7 Å². The van der Waals surface area contributed by atoms with Crippen LogP contribution in [0.1, 0.15) is 5.56 Å². The number of ether oxygens (including phenoxy) is 2. The zero-order chi connectivity index (χ0) is 19.4. The molecular formula is C21H16ClFO4. The lowest BCUT2D eigenvalue weighted by Gasteiger charge is -2.11. The van der Waals surface area contributed by atoms with E-state index in [0.717, 1.165) is 5.56 Å². The zero-order valence-electron chi connectivity index (χ0n) is 14.4. The molecule has 0 atom stereocenters. The predicted molar refractivity (Wildman–Crippen MR) is 101 cm³/mol. The van der Waals surface area contributed by atoms with Gasteiger partial charge in [0, 0.05) is 11.6 Å². The summed E-state index contributed by atoms with van der Waals surface area (Å²) < 4.78 is 24.4. The van der Waals surface area contributed by atoms with Crippen molar-refractivity contribution in [2.24, 2.45) is 0 Å². The SMILES string of the molecule is COc1cc(CC(=O)O)cc(Oc2cccc(-c3ccc(F)cc3Cl)c2)c1. The van der Waals surface area contributed by atoms with Crippen LogP contribution in [0.25, 0.3) is 11.1 Å². The van der Waals surface area contributed by atoms with Crippen LogP contribution >= 0.6 is 11.6 Å². The van der Waals surface area contributed by atoms with Crippen LogP contribution in [-0.4, -0.2) is 18.2 Å². The van der Waals surface area contributed by atoms with Gasteiger partial charge in [0.25, 0.3) is 0 Å². The molecule has 0 aliphatic rings. The van der Waals surface area contributed by atoms with Crippen LogP contribution in [0.2, 0.25) is 5.02 Å². The fourth-order valence-electron chi connectivity index (χ4n) is 2.67.